The topological polar surface area (TPSA) is 70.7 Å². The quantitative estimate of drug-likeness (QED) is 0.892. The Morgan fingerprint density at radius 1 is 1.32 bits per heavy atom. The lowest BCUT2D eigenvalue weighted by Gasteiger charge is -2.05. The van der Waals surface area contributed by atoms with Crippen LogP contribution in [0.25, 0.3) is 0 Å². The van der Waals surface area contributed by atoms with E-state index in [1.165, 1.54) is 4.68 Å². The van der Waals surface area contributed by atoms with E-state index in [0.29, 0.717) is 11.1 Å². The molecule has 1 aromatic carbocycles. The summed E-state index contributed by atoms with van der Waals surface area (Å²) in [6.45, 7) is 3.87. The Morgan fingerprint density at radius 2 is 1.95 bits per heavy atom. The van der Waals surface area contributed by atoms with E-state index in [-0.39, 0.29) is 11.7 Å². The number of nitrogens with zero attached hydrogens (tertiary/aromatic N) is 3. The molecule has 0 aliphatic carbocycles. The molecular weight excluding hydrogens is 240 g/mol. The molecule has 1 aromatic heterocycles. The highest BCUT2D eigenvalue weighted by Gasteiger charge is 2.12. The van der Waals surface area contributed by atoms with Crippen LogP contribution in [-0.4, -0.2) is 15.7 Å². The van der Waals surface area contributed by atoms with Gasteiger partial charge in [-0.05, 0) is 26.0 Å². The van der Waals surface area contributed by atoms with Crippen LogP contribution in [0.1, 0.15) is 27.0 Å². The van der Waals surface area contributed by atoms with Crippen molar-refractivity contribution in [3.8, 4) is 6.07 Å². The summed E-state index contributed by atoms with van der Waals surface area (Å²) in [5, 5.41) is 15.7. The van der Waals surface area contributed by atoms with E-state index in [0.717, 1.165) is 11.1 Å². The zero-order valence-corrected chi connectivity index (χ0v) is 11.1. The number of carbonyl (C=O) groups excluding carboxylic acids is 1. The van der Waals surface area contributed by atoms with Crippen molar-refractivity contribution in [2.75, 3.05) is 5.32 Å². The van der Waals surface area contributed by atoms with Gasteiger partial charge in [-0.3, -0.25) is 9.48 Å². The second kappa shape index (κ2) is 4.94. The van der Waals surface area contributed by atoms with Gasteiger partial charge in [0.1, 0.15) is 11.6 Å². The van der Waals surface area contributed by atoms with Gasteiger partial charge < -0.3 is 5.32 Å². The Hall–Kier alpha value is -2.61. The minimum Gasteiger partial charge on any atom is -0.304 e. The molecule has 0 radical (unpaired) electrons. The van der Waals surface area contributed by atoms with E-state index in [2.05, 4.69) is 10.4 Å². The number of carbonyl (C=O) groups is 1. The monoisotopic (exact) mass is 254 g/mol. The van der Waals surface area contributed by atoms with Crippen LogP contribution in [0.2, 0.25) is 0 Å². The zero-order valence-electron chi connectivity index (χ0n) is 11.1. The van der Waals surface area contributed by atoms with Gasteiger partial charge in [0.25, 0.3) is 5.91 Å². The summed E-state index contributed by atoms with van der Waals surface area (Å²) in [5.41, 5.74) is 2.95. The van der Waals surface area contributed by atoms with Gasteiger partial charge >= 0.3 is 0 Å². The molecule has 0 saturated carbocycles. The average molecular weight is 254 g/mol. The summed E-state index contributed by atoms with van der Waals surface area (Å²) < 4.78 is 1.50. The maximum atomic E-state index is 12.1. The molecular formula is C14H14N4O. The van der Waals surface area contributed by atoms with Gasteiger partial charge in [0.05, 0.1) is 0 Å². The maximum Gasteiger partial charge on any atom is 0.256 e. The Kier molecular flexibility index (Phi) is 3.34. The molecule has 1 heterocycles. The third kappa shape index (κ3) is 2.80. The first-order valence-corrected chi connectivity index (χ1v) is 5.83. The fourth-order valence-electron chi connectivity index (χ4n) is 1.95. The molecule has 1 amide bonds. The van der Waals surface area contributed by atoms with Gasteiger partial charge in [-0.1, -0.05) is 17.2 Å². The van der Waals surface area contributed by atoms with Crippen molar-refractivity contribution in [2.45, 2.75) is 13.8 Å². The molecule has 0 bridgehead atoms. The van der Waals surface area contributed by atoms with Crippen molar-refractivity contribution in [2.24, 2.45) is 7.05 Å². The van der Waals surface area contributed by atoms with E-state index >= 15 is 0 Å². The third-order valence-corrected chi connectivity index (χ3v) is 2.67. The van der Waals surface area contributed by atoms with E-state index in [1.54, 1.807) is 25.4 Å². The summed E-state index contributed by atoms with van der Waals surface area (Å²) in [6, 6.07) is 7.60. The molecule has 0 aliphatic rings. The average Bonchev–Trinajstić information content (AvgIpc) is 2.68. The molecule has 96 valence electrons. The summed E-state index contributed by atoms with van der Waals surface area (Å²) in [5.74, 6) is 0.0242. The van der Waals surface area contributed by atoms with Gasteiger partial charge in [0.2, 0.25) is 0 Å². The molecule has 0 atom stereocenters. The van der Waals surface area contributed by atoms with Crippen LogP contribution in [0.15, 0.2) is 24.4 Å². The number of hydrogen-bond donors (Lipinski definition) is 1. The van der Waals surface area contributed by atoms with Crippen molar-refractivity contribution in [1.82, 2.24) is 9.78 Å². The molecule has 0 saturated heterocycles. The minimum absolute atomic E-state index is 0.262. The van der Waals surface area contributed by atoms with Crippen LogP contribution in [0, 0.1) is 25.2 Å². The second-order valence-electron chi connectivity index (χ2n) is 4.51. The minimum atomic E-state index is -0.262. The predicted molar refractivity (Wildman–Crippen MR) is 71.8 cm³/mol. The number of benzene rings is 1. The molecule has 0 fully saturated rings. The Labute approximate surface area is 111 Å². The van der Waals surface area contributed by atoms with Crippen LogP contribution in [0.3, 0.4) is 0 Å². The van der Waals surface area contributed by atoms with Crippen LogP contribution in [0.4, 0.5) is 5.82 Å². The van der Waals surface area contributed by atoms with Crippen molar-refractivity contribution in [1.29, 1.82) is 5.26 Å². The number of aryl methyl sites for hydroxylation is 3. The lowest BCUT2D eigenvalue weighted by atomic mass is 10.1. The lowest BCUT2D eigenvalue weighted by Crippen LogP contribution is -2.13. The van der Waals surface area contributed by atoms with Gasteiger partial charge in [-0.25, -0.2) is 0 Å². The summed E-state index contributed by atoms with van der Waals surface area (Å²) >= 11 is 0. The number of nitrogens with one attached hydrogen (secondary N) is 1. The molecule has 5 nitrogen and oxygen atoms in total. The fraction of sp³-hybridized carbons (Fsp3) is 0.214. The van der Waals surface area contributed by atoms with Crippen molar-refractivity contribution in [3.05, 3.63) is 46.6 Å². The molecule has 1 N–H and O–H groups in total. The van der Waals surface area contributed by atoms with Crippen LogP contribution < -0.4 is 5.32 Å². The Bertz CT molecular complexity index is 659. The highest BCUT2D eigenvalue weighted by molar-refractivity contribution is 6.04. The molecule has 0 aliphatic heterocycles. The number of hydrogen-bond acceptors (Lipinski definition) is 3. The van der Waals surface area contributed by atoms with E-state index in [9.17, 15) is 4.79 Å². The maximum absolute atomic E-state index is 12.1. The molecule has 0 spiro atoms. The number of anilines is 1. The predicted octanol–water partition coefficient (Wildman–Crippen LogP) is 2.16. The van der Waals surface area contributed by atoms with E-state index in [4.69, 9.17) is 5.26 Å². The van der Waals surface area contributed by atoms with Gasteiger partial charge in [-0.2, -0.15) is 10.4 Å². The third-order valence-electron chi connectivity index (χ3n) is 2.67. The largest absolute Gasteiger partial charge is 0.304 e. The first-order valence-electron chi connectivity index (χ1n) is 5.83. The highest BCUT2D eigenvalue weighted by atomic mass is 16.1. The Morgan fingerprint density at radius 3 is 2.53 bits per heavy atom. The van der Waals surface area contributed by atoms with Crippen molar-refractivity contribution >= 4 is 11.7 Å². The SMILES string of the molecule is Cc1cc(C)cc(C(=O)Nc2nn(C)cc2C#N)c1. The first-order chi connectivity index (χ1) is 8.99. The van der Waals surface area contributed by atoms with Crippen LogP contribution in [-0.2, 0) is 7.05 Å². The molecule has 0 unspecified atom stereocenters. The number of aromatic nitrogens is 2. The van der Waals surface area contributed by atoms with Gasteiger partial charge in [0.15, 0.2) is 5.82 Å². The number of rotatable bonds is 2. The van der Waals surface area contributed by atoms with E-state index < -0.39 is 0 Å². The second-order valence-corrected chi connectivity index (χ2v) is 4.51. The standard InChI is InChI=1S/C14H14N4O/c1-9-4-10(2)6-11(5-9)14(19)16-13-12(7-15)8-18(3)17-13/h4-6,8H,1-3H3,(H,16,17,19). The van der Waals surface area contributed by atoms with E-state index in [1.807, 2.05) is 26.0 Å². The highest BCUT2D eigenvalue weighted by Crippen LogP contribution is 2.14. The number of nitriles is 1. The summed E-state index contributed by atoms with van der Waals surface area (Å²) in [4.78, 5) is 12.1. The molecule has 2 aromatic rings. The molecule has 5 heteroatoms. The van der Waals surface area contributed by atoms with Crippen LogP contribution >= 0.6 is 0 Å². The van der Waals surface area contributed by atoms with Gasteiger partial charge in [-0.15, -0.1) is 0 Å². The molecule has 2 rings (SSSR count). The van der Waals surface area contributed by atoms with Crippen molar-refractivity contribution < 1.29 is 4.79 Å². The summed E-state index contributed by atoms with van der Waals surface area (Å²) in [7, 11) is 1.70. The van der Waals surface area contributed by atoms with Gasteiger partial charge in [0, 0.05) is 18.8 Å². The summed E-state index contributed by atoms with van der Waals surface area (Å²) in [6.07, 6.45) is 1.57. The Balaban J connectivity index is 2.28. The fourth-order valence-corrected chi connectivity index (χ4v) is 1.95. The smallest absolute Gasteiger partial charge is 0.256 e. The lowest BCUT2D eigenvalue weighted by molar-refractivity contribution is 0.102. The molecule has 19 heavy (non-hydrogen) atoms. The number of amides is 1. The zero-order chi connectivity index (χ0) is 14.0. The van der Waals surface area contributed by atoms with Crippen LogP contribution in [0.5, 0.6) is 0 Å². The normalized spacial score (nSPS) is 10.0. The van der Waals surface area contributed by atoms with Crippen molar-refractivity contribution in [3.63, 3.8) is 0 Å². The first kappa shape index (κ1) is 12.8.